The van der Waals surface area contributed by atoms with Crippen molar-refractivity contribution >= 4 is 40.8 Å². The summed E-state index contributed by atoms with van der Waals surface area (Å²) < 4.78 is 1.93. The predicted molar refractivity (Wildman–Crippen MR) is 107 cm³/mol. The fourth-order valence-corrected chi connectivity index (χ4v) is 4.86. The lowest BCUT2D eigenvalue weighted by atomic mass is 9.95. The molecule has 3 unspecified atom stereocenters. The van der Waals surface area contributed by atoms with E-state index in [0.717, 1.165) is 28.5 Å². The monoisotopic (exact) mass is 391 g/mol. The standard InChI is InChI=1S/C19H19Cl2N3S/c1-2-22-19-24(23-10-15-8-12-3-4-13(15)7-12)18(11-25-19)14-5-6-16(20)17(21)9-14/h3-6,9-13,15H,2,7-8H2,1H3. The maximum Gasteiger partial charge on any atom is 0.206 e. The summed E-state index contributed by atoms with van der Waals surface area (Å²) >= 11 is 13.9. The Bertz CT molecular complexity index is 910. The van der Waals surface area contributed by atoms with Gasteiger partial charge < -0.3 is 0 Å². The Hall–Kier alpha value is -1.36. The second kappa shape index (κ2) is 7.10. The number of aromatic nitrogens is 1. The van der Waals surface area contributed by atoms with E-state index in [1.165, 1.54) is 12.8 Å². The van der Waals surface area contributed by atoms with E-state index < -0.39 is 0 Å². The van der Waals surface area contributed by atoms with Gasteiger partial charge in [-0.25, -0.2) is 4.68 Å². The molecule has 2 bridgehead atoms. The maximum atomic E-state index is 6.20. The SMILES string of the molecule is CCN=c1scc(-c2ccc(Cl)c(Cl)c2)n1N=CC1CC2C=CC1C2. The zero-order chi connectivity index (χ0) is 17.4. The van der Waals surface area contributed by atoms with Crippen LogP contribution in [-0.2, 0) is 0 Å². The zero-order valence-corrected chi connectivity index (χ0v) is 16.2. The maximum absolute atomic E-state index is 6.20. The van der Waals surface area contributed by atoms with Crippen LogP contribution in [0.3, 0.4) is 0 Å². The minimum atomic E-state index is 0.526. The fraction of sp³-hybridized carbons (Fsp3) is 0.368. The Morgan fingerprint density at radius 3 is 2.80 bits per heavy atom. The largest absolute Gasteiger partial charge is 0.258 e. The summed E-state index contributed by atoms with van der Waals surface area (Å²) in [5, 5.41) is 8.00. The molecule has 2 aliphatic carbocycles. The topological polar surface area (TPSA) is 29.6 Å². The predicted octanol–water partition coefficient (Wildman–Crippen LogP) is 5.49. The van der Waals surface area contributed by atoms with Crippen LogP contribution in [0.1, 0.15) is 19.8 Å². The molecule has 0 N–H and O–H groups in total. The van der Waals surface area contributed by atoms with E-state index in [1.54, 1.807) is 11.3 Å². The smallest absolute Gasteiger partial charge is 0.206 e. The Balaban J connectivity index is 1.72. The minimum absolute atomic E-state index is 0.526. The Labute approximate surface area is 161 Å². The average Bonchev–Trinajstić information content (AvgIpc) is 3.31. The molecule has 1 aromatic carbocycles. The molecule has 25 heavy (non-hydrogen) atoms. The second-order valence-corrected chi connectivity index (χ2v) is 8.18. The summed E-state index contributed by atoms with van der Waals surface area (Å²) in [6.07, 6.45) is 9.29. The normalized spacial score (nSPS) is 25.6. The molecule has 130 valence electrons. The lowest BCUT2D eigenvalue weighted by Gasteiger charge is -2.12. The number of hydrogen-bond acceptors (Lipinski definition) is 3. The summed E-state index contributed by atoms with van der Waals surface area (Å²) in [4.78, 5) is 5.48. The van der Waals surface area contributed by atoms with E-state index >= 15 is 0 Å². The van der Waals surface area contributed by atoms with Crippen LogP contribution in [0.25, 0.3) is 11.3 Å². The molecule has 1 fully saturated rings. The third-order valence-corrected chi connectivity index (χ3v) is 6.49. The third kappa shape index (κ3) is 3.35. The number of nitrogens with zero attached hydrogens (tertiary/aromatic N) is 3. The van der Waals surface area contributed by atoms with Gasteiger partial charge in [-0.1, -0.05) is 41.4 Å². The summed E-state index contributed by atoms with van der Waals surface area (Å²) in [6.45, 7) is 2.76. The molecule has 0 spiro atoms. The molecule has 2 aromatic rings. The van der Waals surface area contributed by atoms with Gasteiger partial charge in [0.2, 0.25) is 4.80 Å². The summed E-state index contributed by atoms with van der Waals surface area (Å²) in [5.41, 5.74) is 1.99. The minimum Gasteiger partial charge on any atom is -0.258 e. The van der Waals surface area contributed by atoms with Gasteiger partial charge in [0.1, 0.15) is 0 Å². The Morgan fingerprint density at radius 1 is 1.24 bits per heavy atom. The van der Waals surface area contributed by atoms with E-state index in [2.05, 4.69) is 28.7 Å². The highest BCUT2D eigenvalue weighted by atomic mass is 35.5. The van der Waals surface area contributed by atoms with E-state index in [9.17, 15) is 0 Å². The molecule has 0 amide bonds. The van der Waals surface area contributed by atoms with Crippen LogP contribution in [0, 0.1) is 17.8 Å². The third-order valence-electron chi connectivity index (χ3n) is 4.90. The number of fused-ring (bicyclic) bond motifs is 2. The van der Waals surface area contributed by atoms with Gasteiger partial charge in [0, 0.05) is 29.6 Å². The Kier molecular flexibility index (Phi) is 4.85. The molecule has 3 atom stereocenters. The molecule has 0 radical (unpaired) electrons. The number of thiazole rings is 1. The fourth-order valence-electron chi connectivity index (χ4n) is 3.66. The van der Waals surface area contributed by atoms with Gasteiger partial charge in [-0.15, -0.1) is 11.3 Å². The van der Waals surface area contributed by atoms with Crippen molar-refractivity contribution in [3.05, 3.63) is 50.6 Å². The average molecular weight is 392 g/mol. The van der Waals surface area contributed by atoms with Crippen molar-refractivity contribution < 1.29 is 0 Å². The second-order valence-electron chi connectivity index (χ2n) is 6.53. The van der Waals surface area contributed by atoms with Gasteiger partial charge in [-0.3, -0.25) is 4.99 Å². The van der Waals surface area contributed by atoms with E-state index in [-0.39, 0.29) is 0 Å². The van der Waals surface area contributed by atoms with Crippen LogP contribution >= 0.6 is 34.5 Å². The van der Waals surface area contributed by atoms with Crippen LogP contribution in [0.4, 0.5) is 0 Å². The summed E-state index contributed by atoms with van der Waals surface area (Å²) in [7, 11) is 0. The van der Waals surface area contributed by atoms with Gasteiger partial charge in [-0.2, -0.15) is 5.10 Å². The molecule has 1 heterocycles. The molecule has 2 aliphatic rings. The highest BCUT2D eigenvalue weighted by Gasteiger charge is 2.34. The van der Waals surface area contributed by atoms with Crippen molar-refractivity contribution in [3.8, 4) is 11.3 Å². The number of rotatable bonds is 4. The first-order valence-electron chi connectivity index (χ1n) is 8.55. The molecule has 4 rings (SSSR count). The lowest BCUT2D eigenvalue weighted by molar-refractivity contribution is 0.589. The Morgan fingerprint density at radius 2 is 2.12 bits per heavy atom. The van der Waals surface area contributed by atoms with Crippen LogP contribution in [0.15, 0.2) is 45.8 Å². The van der Waals surface area contributed by atoms with Gasteiger partial charge in [-0.05, 0) is 43.7 Å². The molecule has 6 heteroatoms. The molecule has 3 nitrogen and oxygen atoms in total. The van der Waals surface area contributed by atoms with Crippen LogP contribution < -0.4 is 4.80 Å². The van der Waals surface area contributed by atoms with Crippen molar-refractivity contribution in [2.75, 3.05) is 6.54 Å². The zero-order valence-electron chi connectivity index (χ0n) is 13.9. The van der Waals surface area contributed by atoms with Gasteiger partial charge >= 0.3 is 0 Å². The molecule has 0 saturated heterocycles. The van der Waals surface area contributed by atoms with Crippen molar-refractivity contribution in [3.63, 3.8) is 0 Å². The molecular formula is C19H19Cl2N3S. The quantitative estimate of drug-likeness (QED) is 0.487. The summed E-state index contributed by atoms with van der Waals surface area (Å²) in [6, 6.07) is 5.68. The number of allylic oxidation sites excluding steroid dienone is 2. The van der Waals surface area contributed by atoms with Crippen molar-refractivity contribution in [2.24, 2.45) is 27.8 Å². The van der Waals surface area contributed by atoms with Gasteiger partial charge in [0.05, 0.1) is 15.7 Å². The lowest BCUT2D eigenvalue weighted by Crippen LogP contribution is -2.15. The van der Waals surface area contributed by atoms with Crippen LogP contribution in [0.2, 0.25) is 10.0 Å². The highest BCUT2D eigenvalue weighted by molar-refractivity contribution is 7.07. The van der Waals surface area contributed by atoms with Gasteiger partial charge in [0.15, 0.2) is 0 Å². The molecule has 1 aromatic heterocycles. The number of halogens is 2. The first-order valence-corrected chi connectivity index (χ1v) is 10.2. The van der Waals surface area contributed by atoms with Gasteiger partial charge in [0.25, 0.3) is 0 Å². The molecule has 0 aliphatic heterocycles. The van der Waals surface area contributed by atoms with Crippen LogP contribution in [-0.4, -0.2) is 17.4 Å². The van der Waals surface area contributed by atoms with Crippen LogP contribution in [0.5, 0.6) is 0 Å². The van der Waals surface area contributed by atoms with Crippen molar-refractivity contribution in [1.82, 2.24) is 4.68 Å². The number of hydrogen-bond donors (Lipinski definition) is 0. The van der Waals surface area contributed by atoms with Crippen molar-refractivity contribution in [2.45, 2.75) is 19.8 Å². The van der Waals surface area contributed by atoms with E-state index in [0.29, 0.717) is 21.9 Å². The first kappa shape index (κ1) is 17.1. The van der Waals surface area contributed by atoms with E-state index in [1.807, 2.05) is 29.8 Å². The van der Waals surface area contributed by atoms with Crippen molar-refractivity contribution in [1.29, 1.82) is 0 Å². The molecular weight excluding hydrogens is 373 g/mol. The summed E-state index contributed by atoms with van der Waals surface area (Å²) in [5.74, 6) is 1.91. The first-order chi connectivity index (χ1) is 12.2. The highest BCUT2D eigenvalue weighted by Crippen LogP contribution is 2.42. The van der Waals surface area contributed by atoms with E-state index in [4.69, 9.17) is 28.3 Å². The number of benzene rings is 1. The molecule has 1 saturated carbocycles.